The summed E-state index contributed by atoms with van der Waals surface area (Å²) in [5.41, 5.74) is 0. The summed E-state index contributed by atoms with van der Waals surface area (Å²) in [5, 5.41) is 9.98. The zero-order valence-corrected chi connectivity index (χ0v) is 13.8. The first-order chi connectivity index (χ1) is 7.64. The van der Waals surface area contributed by atoms with E-state index in [1.165, 1.54) is 0 Å². The van der Waals surface area contributed by atoms with Crippen LogP contribution in [0, 0.1) is 5.92 Å². The van der Waals surface area contributed by atoms with Crippen LogP contribution in [-0.2, 0) is 4.43 Å². The highest BCUT2D eigenvalue weighted by molar-refractivity contribution is 6.74. The molecule has 1 N–H and O–H groups in total. The first-order valence-corrected chi connectivity index (χ1v) is 9.86. The minimum absolute atomic E-state index is 0.164. The molecule has 0 saturated heterocycles. The lowest BCUT2D eigenvalue weighted by molar-refractivity contribution is 0.113. The average Bonchev–Trinajstić information content (AvgIpc) is 2.22. The lowest BCUT2D eigenvalue weighted by Crippen LogP contribution is -2.42. The van der Waals surface area contributed by atoms with Gasteiger partial charge in [0.25, 0.3) is 0 Å². The molecule has 0 saturated carbocycles. The fourth-order valence-electron chi connectivity index (χ4n) is 1.45. The van der Waals surface area contributed by atoms with Crippen LogP contribution in [0.3, 0.4) is 0 Å². The highest BCUT2D eigenvalue weighted by Gasteiger charge is 2.37. The maximum Gasteiger partial charge on any atom is 0.191 e. The van der Waals surface area contributed by atoms with Crippen LogP contribution in [0.4, 0.5) is 0 Å². The van der Waals surface area contributed by atoms with Gasteiger partial charge in [0.2, 0.25) is 0 Å². The first kappa shape index (κ1) is 17.1. The standard InChI is InChI=1S/C14H32O2Si/c1-8-12(10-13(15)9-2)11-16-17(6,7)14(3,4)5/h12-13,15H,8-11H2,1-7H3/t12-,13-/m1/s1. The molecule has 0 unspecified atom stereocenters. The number of rotatable bonds is 7. The Morgan fingerprint density at radius 2 is 1.65 bits per heavy atom. The van der Waals surface area contributed by atoms with Gasteiger partial charge in [-0.25, -0.2) is 0 Å². The van der Waals surface area contributed by atoms with Crippen molar-refractivity contribution in [1.82, 2.24) is 0 Å². The molecule has 0 rings (SSSR count). The van der Waals surface area contributed by atoms with Gasteiger partial charge in [-0.3, -0.25) is 0 Å². The zero-order chi connectivity index (χ0) is 13.7. The van der Waals surface area contributed by atoms with Gasteiger partial charge in [-0.05, 0) is 36.9 Å². The van der Waals surface area contributed by atoms with Crippen molar-refractivity contribution in [3.05, 3.63) is 0 Å². The molecule has 0 spiro atoms. The molecule has 0 fully saturated rings. The topological polar surface area (TPSA) is 29.5 Å². The van der Waals surface area contributed by atoms with Gasteiger partial charge in [-0.1, -0.05) is 41.0 Å². The molecular weight excluding hydrogens is 228 g/mol. The Balaban J connectivity index is 4.23. The van der Waals surface area contributed by atoms with Crippen LogP contribution in [0.25, 0.3) is 0 Å². The van der Waals surface area contributed by atoms with Crippen LogP contribution in [0.5, 0.6) is 0 Å². The lowest BCUT2D eigenvalue weighted by Gasteiger charge is -2.37. The zero-order valence-electron chi connectivity index (χ0n) is 12.8. The molecule has 0 aliphatic rings. The van der Waals surface area contributed by atoms with Crippen molar-refractivity contribution in [2.24, 2.45) is 5.92 Å². The predicted molar refractivity (Wildman–Crippen MR) is 77.8 cm³/mol. The van der Waals surface area contributed by atoms with Gasteiger partial charge in [0.15, 0.2) is 8.32 Å². The second-order valence-corrected chi connectivity index (χ2v) is 11.5. The van der Waals surface area contributed by atoms with Crippen molar-refractivity contribution in [2.75, 3.05) is 6.61 Å². The Labute approximate surface area is 109 Å². The summed E-state index contributed by atoms with van der Waals surface area (Å²) < 4.78 is 6.22. The van der Waals surface area contributed by atoms with E-state index in [-0.39, 0.29) is 11.1 Å². The fraction of sp³-hybridized carbons (Fsp3) is 1.00. The van der Waals surface area contributed by atoms with E-state index in [1.54, 1.807) is 0 Å². The average molecular weight is 260 g/mol. The van der Waals surface area contributed by atoms with E-state index in [0.29, 0.717) is 5.92 Å². The van der Waals surface area contributed by atoms with Crippen LogP contribution in [-0.4, -0.2) is 26.1 Å². The molecule has 0 aliphatic heterocycles. The second kappa shape index (κ2) is 6.91. The van der Waals surface area contributed by atoms with Crippen LogP contribution in [0.2, 0.25) is 18.1 Å². The van der Waals surface area contributed by atoms with Gasteiger partial charge in [0.1, 0.15) is 0 Å². The summed E-state index contributed by atoms with van der Waals surface area (Å²) in [5.74, 6) is 0.499. The Bertz CT molecular complexity index is 209. The molecule has 0 amide bonds. The van der Waals surface area contributed by atoms with Crippen LogP contribution >= 0.6 is 0 Å². The molecule has 0 heterocycles. The van der Waals surface area contributed by atoms with E-state index in [9.17, 15) is 5.11 Å². The van der Waals surface area contributed by atoms with E-state index in [4.69, 9.17) is 4.43 Å². The largest absolute Gasteiger partial charge is 0.417 e. The Kier molecular flexibility index (Phi) is 6.96. The molecular formula is C14H32O2Si. The van der Waals surface area contributed by atoms with Gasteiger partial charge >= 0.3 is 0 Å². The van der Waals surface area contributed by atoms with Crippen molar-refractivity contribution in [3.8, 4) is 0 Å². The molecule has 0 aromatic carbocycles. The number of aliphatic hydroxyl groups excluding tert-OH is 1. The van der Waals surface area contributed by atoms with Gasteiger partial charge in [0.05, 0.1) is 6.10 Å². The Morgan fingerprint density at radius 3 is 2.00 bits per heavy atom. The van der Waals surface area contributed by atoms with Crippen LogP contribution in [0.1, 0.15) is 53.9 Å². The Hall–Kier alpha value is 0.137. The quantitative estimate of drug-likeness (QED) is 0.695. The van der Waals surface area contributed by atoms with E-state index < -0.39 is 8.32 Å². The van der Waals surface area contributed by atoms with Gasteiger partial charge < -0.3 is 9.53 Å². The highest BCUT2D eigenvalue weighted by atomic mass is 28.4. The van der Waals surface area contributed by atoms with E-state index in [0.717, 1.165) is 25.9 Å². The molecule has 0 aromatic rings. The lowest BCUT2D eigenvalue weighted by atomic mass is 9.99. The SMILES string of the molecule is CC[C@@H](O)C[C@@H](CC)CO[Si](C)(C)C(C)(C)C. The number of hydrogen-bond acceptors (Lipinski definition) is 2. The summed E-state index contributed by atoms with van der Waals surface area (Å²) >= 11 is 0. The van der Waals surface area contributed by atoms with Gasteiger partial charge in [-0.2, -0.15) is 0 Å². The second-order valence-electron chi connectivity index (χ2n) is 6.64. The molecule has 0 aliphatic carbocycles. The fourth-order valence-corrected chi connectivity index (χ4v) is 2.53. The summed E-state index contributed by atoms with van der Waals surface area (Å²) in [4.78, 5) is 0. The highest BCUT2D eigenvalue weighted by Crippen LogP contribution is 2.37. The summed E-state index contributed by atoms with van der Waals surface area (Å²) in [7, 11) is -1.63. The van der Waals surface area contributed by atoms with Crippen LogP contribution in [0.15, 0.2) is 0 Å². The third-order valence-electron chi connectivity index (χ3n) is 4.14. The minimum atomic E-state index is -1.63. The van der Waals surface area contributed by atoms with E-state index in [2.05, 4.69) is 40.8 Å². The van der Waals surface area contributed by atoms with Crippen molar-refractivity contribution < 1.29 is 9.53 Å². The molecule has 17 heavy (non-hydrogen) atoms. The smallest absolute Gasteiger partial charge is 0.191 e. The predicted octanol–water partition coefficient (Wildman–Crippen LogP) is 4.20. The van der Waals surface area contributed by atoms with Gasteiger partial charge in [-0.15, -0.1) is 0 Å². The van der Waals surface area contributed by atoms with Crippen molar-refractivity contribution in [2.45, 2.75) is 78.1 Å². The third-order valence-corrected chi connectivity index (χ3v) is 8.64. The van der Waals surface area contributed by atoms with E-state index >= 15 is 0 Å². The van der Waals surface area contributed by atoms with E-state index in [1.807, 2.05) is 6.92 Å². The molecule has 2 atom stereocenters. The summed E-state index contributed by atoms with van der Waals surface area (Å²) in [6, 6.07) is 0. The van der Waals surface area contributed by atoms with Crippen molar-refractivity contribution in [3.63, 3.8) is 0 Å². The van der Waals surface area contributed by atoms with Crippen molar-refractivity contribution in [1.29, 1.82) is 0 Å². The van der Waals surface area contributed by atoms with Crippen LogP contribution < -0.4 is 0 Å². The molecule has 0 radical (unpaired) electrons. The first-order valence-electron chi connectivity index (χ1n) is 6.96. The normalized spacial score (nSPS) is 16.9. The maximum atomic E-state index is 9.70. The molecule has 104 valence electrons. The monoisotopic (exact) mass is 260 g/mol. The summed E-state index contributed by atoms with van der Waals surface area (Å²) in [6.07, 6.45) is 2.65. The maximum absolute atomic E-state index is 9.70. The van der Waals surface area contributed by atoms with Gasteiger partial charge in [0, 0.05) is 6.61 Å². The molecule has 0 bridgehead atoms. The van der Waals surface area contributed by atoms with Crippen molar-refractivity contribution >= 4 is 8.32 Å². The minimum Gasteiger partial charge on any atom is -0.417 e. The number of aliphatic hydroxyl groups is 1. The summed E-state index contributed by atoms with van der Waals surface area (Å²) in [6.45, 7) is 16.4. The molecule has 2 nitrogen and oxygen atoms in total. The number of hydrogen-bond donors (Lipinski definition) is 1. The third kappa shape index (κ3) is 6.02. The Morgan fingerprint density at radius 1 is 1.12 bits per heavy atom. The molecule has 0 aromatic heterocycles. The molecule has 3 heteroatoms.